The topological polar surface area (TPSA) is 49.2 Å². The van der Waals surface area contributed by atoms with Crippen LogP contribution in [0.3, 0.4) is 0 Å². The summed E-state index contributed by atoms with van der Waals surface area (Å²) in [5.41, 5.74) is 0. The van der Waals surface area contributed by atoms with Gasteiger partial charge >= 0.3 is 0 Å². The van der Waals surface area contributed by atoms with E-state index >= 15 is 0 Å². The van der Waals surface area contributed by atoms with E-state index in [1.165, 1.54) is 19.3 Å². The Balaban J connectivity index is 1.90. The summed E-state index contributed by atoms with van der Waals surface area (Å²) in [4.78, 5) is 10.9. The van der Waals surface area contributed by atoms with Gasteiger partial charge in [0, 0.05) is 31.6 Å². The lowest BCUT2D eigenvalue weighted by Gasteiger charge is -2.37. The molecule has 4 nitrogen and oxygen atoms in total. The van der Waals surface area contributed by atoms with Gasteiger partial charge in [0.25, 0.3) is 0 Å². The Kier molecular flexibility index (Phi) is 4.25. The van der Waals surface area contributed by atoms with Crippen LogP contribution >= 0.6 is 0 Å². The fourth-order valence-electron chi connectivity index (χ4n) is 2.01. The maximum atomic E-state index is 8.90. The number of aliphatic hydroxyl groups is 1. The number of hydrogen-bond acceptors (Lipinski definition) is 4. The Morgan fingerprint density at radius 3 is 2.62 bits per heavy atom. The first kappa shape index (κ1) is 11.5. The number of nitrogens with zero attached hydrogens (tertiary/aromatic N) is 3. The molecule has 1 heterocycles. The Bertz CT molecular complexity index is 300. The SMILES string of the molecule is OCCCN(Cc1ncccn1)C1CCC1. The van der Waals surface area contributed by atoms with Gasteiger partial charge in [0.15, 0.2) is 0 Å². The summed E-state index contributed by atoms with van der Waals surface area (Å²) in [5, 5.41) is 8.90. The maximum absolute atomic E-state index is 8.90. The third-order valence-electron chi connectivity index (χ3n) is 3.16. The maximum Gasteiger partial charge on any atom is 0.142 e. The van der Waals surface area contributed by atoms with Crippen LogP contribution in [0.2, 0.25) is 0 Å². The highest BCUT2D eigenvalue weighted by Crippen LogP contribution is 2.25. The average Bonchev–Trinajstić information content (AvgIpc) is 2.25. The van der Waals surface area contributed by atoms with Crippen molar-refractivity contribution in [2.45, 2.75) is 38.3 Å². The van der Waals surface area contributed by atoms with Crippen molar-refractivity contribution in [1.82, 2.24) is 14.9 Å². The Labute approximate surface area is 96.3 Å². The predicted molar refractivity (Wildman–Crippen MR) is 61.8 cm³/mol. The third-order valence-corrected chi connectivity index (χ3v) is 3.16. The number of aliphatic hydroxyl groups excluding tert-OH is 1. The van der Waals surface area contributed by atoms with E-state index in [2.05, 4.69) is 14.9 Å². The zero-order valence-corrected chi connectivity index (χ0v) is 9.55. The summed E-state index contributed by atoms with van der Waals surface area (Å²) >= 11 is 0. The second-order valence-corrected chi connectivity index (χ2v) is 4.30. The summed E-state index contributed by atoms with van der Waals surface area (Å²) in [6, 6.07) is 2.51. The molecular weight excluding hydrogens is 202 g/mol. The molecule has 1 fully saturated rings. The minimum atomic E-state index is 0.263. The summed E-state index contributed by atoms with van der Waals surface area (Å²) in [6.07, 6.45) is 8.29. The summed E-state index contributed by atoms with van der Waals surface area (Å²) in [6.45, 7) is 2.02. The van der Waals surface area contributed by atoms with Gasteiger partial charge in [-0.1, -0.05) is 6.42 Å². The van der Waals surface area contributed by atoms with E-state index in [-0.39, 0.29) is 6.61 Å². The predicted octanol–water partition coefficient (Wildman–Crippen LogP) is 1.21. The van der Waals surface area contributed by atoms with Crippen LogP contribution in [0.1, 0.15) is 31.5 Å². The number of rotatable bonds is 6. The van der Waals surface area contributed by atoms with E-state index in [1.54, 1.807) is 12.4 Å². The van der Waals surface area contributed by atoms with Gasteiger partial charge in [-0.2, -0.15) is 0 Å². The lowest BCUT2D eigenvalue weighted by Crippen LogP contribution is -2.40. The van der Waals surface area contributed by atoms with Gasteiger partial charge in [-0.25, -0.2) is 9.97 Å². The molecule has 88 valence electrons. The largest absolute Gasteiger partial charge is 0.396 e. The standard InChI is InChI=1S/C12H19N3O/c16-9-3-8-15(11-4-1-5-11)10-12-13-6-2-7-14-12/h2,6-7,11,16H,1,3-5,8-10H2. The molecule has 0 atom stereocenters. The van der Waals surface area contributed by atoms with E-state index in [4.69, 9.17) is 5.11 Å². The van der Waals surface area contributed by atoms with Gasteiger partial charge in [-0.15, -0.1) is 0 Å². The second-order valence-electron chi connectivity index (χ2n) is 4.30. The molecule has 16 heavy (non-hydrogen) atoms. The van der Waals surface area contributed by atoms with Crippen molar-refractivity contribution in [3.05, 3.63) is 24.3 Å². The molecule has 0 radical (unpaired) electrons. The minimum absolute atomic E-state index is 0.263. The molecule has 0 saturated heterocycles. The quantitative estimate of drug-likeness (QED) is 0.784. The van der Waals surface area contributed by atoms with Crippen LogP contribution in [-0.4, -0.2) is 39.2 Å². The summed E-state index contributed by atoms with van der Waals surface area (Å²) in [7, 11) is 0. The summed E-state index contributed by atoms with van der Waals surface area (Å²) in [5.74, 6) is 0.882. The molecule has 1 saturated carbocycles. The van der Waals surface area contributed by atoms with E-state index in [0.717, 1.165) is 25.3 Å². The van der Waals surface area contributed by atoms with E-state index in [1.807, 2.05) is 6.07 Å². The van der Waals surface area contributed by atoms with Crippen LogP contribution in [0.25, 0.3) is 0 Å². The Morgan fingerprint density at radius 2 is 2.06 bits per heavy atom. The van der Waals surface area contributed by atoms with E-state index < -0.39 is 0 Å². The van der Waals surface area contributed by atoms with Crippen LogP contribution in [0.4, 0.5) is 0 Å². The molecule has 0 aromatic carbocycles. The molecule has 0 amide bonds. The molecule has 1 aromatic rings. The van der Waals surface area contributed by atoms with Crippen molar-refractivity contribution >= 4 is 0 Å². The van der Waals surface area contributed by atoms with Crippen LogP contribution in [0.15, 0.2) is 18.5 Å². The molecule has 4 heteroatoms. The molecule has 1 aromatic heterocycles. The molecular formula is C12H19N3O. The van der Waals surface area contributed by atoms with Crippen LogP contribution < -0.4 is 0 Å². The molecule has 1 N–H and O–H groups in total. The molecule has 0 aliphatic heterocycles. The number of aromatic nitrogens is 2. The van der Waals surface area contributed by atoms with Crippen molar-refractivity contribution < 1.29 is 5.11 Å². The fraction of sp³-hybridized carbons (Fsp3) is 0.667. The monoisotopic (exact) mass is 221 g/mol. The van der Waals surface area contributed by atoms with Crippen LogP contribution in [0.5, 0.6) is 0 Å². The lowest BCUT2D eigenvalue weighted by molar-refractivity contribution is 0.106. The molecule has 2 rings (SSSR count). The van der Waals surface area contributed by atoms with Gasteiger partial charge in [0.05, 0.1) is 6.54 Å². The van der Waals surface area contributed by atoms with E-state index in [0.29, 0.717) is 6.04 Å². The Hall–Kier alpha value is -1.00. The van der Waals surface area contributed by atoms with Crippen molar-refractivity contribution in [3.63, 3.8) is 0 Å². The molecule has 1 aliphatic carbocycles. The number of hydrogen-bond donors (Lipinski definition) is 1. The first-order valence-corrected chi connectivity index (χ1v) is 6.01. The van der Waals surface area contributed by atoms with Crippen molar-refractivity contribution in [2.75, 3.05) is 13.2 Å². The molecule has 0 unspecified atom stereocenters. The van der Waals surface area contributed by atoms with Gasteiger partial charge in [-0.3, -0.25) is 4.90 Å². The van der Waals surface area contributed by atoms with Crippen molar-refractivity contribution in [3.8, 4) is 0 Å². The molecule has 0 spiro atoms. The van der Waals surface area contributed by atoms with E-state index in [9.17, 15) is 0 Å². The highest BCUT2D eigenvalue weighted by molar-refractivity contribution is 4.91. The van der Waals surface area contributed by atoms with Crippen LogP contribution in [-0.2, 0) is 6.54 Å². The molecule has 1 aliphatic rings. The zero-order valence-electron chi connectivity index (χ0n) is 9.55. The zero-order chi connectivity index (χ0) is 11.2. The van der Waals surface area contributed by atoms with Gasteiger partial charge in [0.2, 0.25) is 0 Å². The summed E-state index contributed by atoms with van der Waals surface area (Å²) < 4.78 is 0. The normalized spacial score (nSPS) is 16.4. The van der Waals surface area contributed by atoms with Crippen molar-refractivity contribution in [1.29, 1.82) is 0 Å². The minimum Gasteiger partial charge on any atom is -0.396 e. The van der Waals surface area contributed by atoms with Crippen molar-refractivity contribution in [2.24, 2.45) is 0 Å². The second kappa shape index (κ2) is 5.92. The molecule has 0 bridgehead atoms. The lowest BCUT2D eigenvalue weighted by atomic mass is 9.91. The highest BCUT2D eigenvalue weighted by Gasteiger charge is 2.24. The smallest absolute Gasteiger partial charge is 0.142 e. The van der Waals surface area contributed by atoms with Gasteiger partial charge in [0.1, 0.15) is 5.82 Å². The fourth-order valence-corrected chi connectivity index (χ4v) is 2.01. The Morgan fingerprint density at radius 1 is 1.31 bits per heavy atom. The van der Waals surface area contributed by atoms with Gasteiger partial charge < -0.3 is 5.11 Å². The van der Waals surface area contributed by atoms with Gasteiger partial charge in [-0.05, 0) is 25.3 Å². The average molecular weight is 221 g/mol. The highest BCUT2D eigenvalue weighted by atomic mass is 16.3. The van der Waals surface area contributed by atoms with Crippen LogP contribution in [0, 0.1) is 0 Å². The first-order valence-electron chi connectivity index (χ1n) is 6.01. The third kappa shape index (κ3) is 3.00. The first-order chi connectivity index (χ1) is 7.90.